The molecule has 0 N–H and O–H groups in total. The quantitative estimate of drug-likeness (QED) is 0.595. The predicted molar refractivity (Wildman–Crippen MR) is 136 cm³/mol. The second-order valence-electron chi connectivity index (χ2n) is 8.68. The summed E-state index contributed by atoms with van der Waals surface area (Å²) in [5.41, 5.74) is 1.26. The van der Waals surface area contributed by atoms with Crippen LogP contribution in [0.15, 0.2) is 58.3 Å². The molecule has 7 nitrogen and oxygen atoms in total. The van der Waals surface area contributed by atoms with Crippen molar-refractivity contribution in [2.45, 2.75) is 54.6 Å². The van der Waals surface area contributed by atoms with Crippen molar-refractivity contribution in [1.82, 2.24) is 4.31 Å². The molecule has 2 aromatic rings. The molecule has 2 heterocycles. The van der Waals surface area contributed by atoms with E-state index in [1.54, 1.807) is 23.1 Å². The van der Waals surface area contributed by atoms with Gasteiger partial charge in [0.05, 0.1) is 10.6 Å². The minimum Gasteiger partial charge on any atom is -0.311 e. The molecule has 1 saturated heterocycles. The zero-order chi connectivity index (χ0) is 24.3. The number of rotatable bonds is 6. The van der Waals surface area contributed by atoms with Gasteiger partial charge in [0.25, 0.3) is 0 Å². The highest BCUT2D eigenvalue weighted by molar-refractivity contribution is 8.00. The smallest absolute Gasteiger partial charge is 0.247 e. The van der Waals surface area contributed by atoms with Gasteiger partial charge in [0.15, 0.2) is 0 Å². The molecule has 2 aliphatic rings. The van der Waals surface area contributed by atoms with Crippen LogP contribution in [0.1, 0.15) is 39.5 Å². The molecule has 0 bridgehead atoms. The fourth-order valence-electron chi connectivity index (χ4n) is 4.48. The number of hydrogen-bond acceptors (Lipinski definition) is 5. The van der Waals surface area contributed by atoms with E-state index in [1.807, 2.05) is 44.2 Å². The molecule has 0 aliphatic carbocycles. The number of thioether (sulfide) groups is 1. The van der Waals surface area contributed by atoms with Crippen LogP contribution in [0.4, 0.5) is 11.4 Å². The Kier molecular flexibility index (Phi) is 7.64. The second-order valence-corrected chi connectivity index (χ2v) is 12.1. The predicted octanol–water partition coefficient (Wildman–Crippen LogP) is 4.13. The third-order valence-corrected chi connectivity index (χ3v) is 9.31. The lowest BCUT2D eigenvalue weighted by atomic mass is 10.2. The van der Waals surface area contributed by atoms with Crippen LogP contribution in [0.2, 0.25) is 0 Å². The van der Waals surface area contributed by atoms with Gasteiger partial charge in [-0.3, -0.25) is 9.59 Å². The Balaban J connectivity index is 1.69. The van der Waals surface area contributed by atoms with E-state index in [4.69, 9.17) is 0 Å². The fraction of sp³-hybridized carbons (Fsp3) is 0.440. The Bertz CT molecular complexity index is 1150. The SMILES string of the molecule is CCN(C(=O)CN1C(=O)C[C@H](C)Sc2ccc(S(=O)(=O)N3CCCCC3)cc21)c1ccccc1. The molecular weight excluding hydrogens is 470 g/mol. The average Bonchev–Trinajstić information content (AvgIpc) is 2.95. The molecule has 0 spiro atoms. The summed E-state index contributed by atoms with van der Waals surface area (Å²) in [5, 5.41) is 0.0207. The normalized spacial score (nSPS) is 19.4. The summed E-state index contributed by atoms with van der Waals surface area (Å²) in [5.74, 6) is -0.388. The van der Waals surface area contributed by atoms with Crippen molar-refractivity contribution >= 4 is 45.0 Å². The zero-order valence-corrected chi connectivity index (χ0v) is 21.3. The maximum absolute atomic E-state index is 13.3. The van der Waals surface area contributed by atoms with Gasteiger partial charge in [-0.15, -0.1) is 11.8 Å². The van der Waals surface area contributed by atoms with Crippen LogP contribution in [0.3, 0.4) is 0 Å². The fourth-order valence-corrected chi connectivity index (χ4v) is 7.11. The number of fused-ring (bicyclic) bond motifs is 1. The number of hydrogen-bond donors (Lipinski definition) is 0. The van der Waals surface area contributed by atoms with E-state index in [9.17, 15) is 18.0 Å². The summed E-state index contributed by atoms with van der Waals surface area (Å²) in [4.78, 5) is 30.6. The van der Waals surface area contributed by atoms with E-state index < -0.39 is 10.0 Å². The minimum atomic E-state index is -3.66. The average molecular weight is 502 g/mol. The van der Waals surface area contributed by atoms with Gasteiger partial charge in [-0.2, -0.15) is 4.31 Å². The highest BCUT2D eigenvalue weighted by atomic mass is 32.2. The number of anilines is 2. The number of likely N-dealkylation sites (N-methyl/N-ethyl adjacent to an activating group) is 1. The molecule has 182 valence electrons. The lowest BCUT2D eigenvalue weighted by Crippen LogP contribution is -2.43. The number of benzene rings is 2. The third kappa shape index (κ3) is 5.16. The number of sulfonamides is 1. The van der Waals surface area contributed by atoms with E-state index in [0.29, 0.717) is 25.3 Å². The Morgan fingerprint density at radius 3 is 2.47 bits per heavy atom. The molecule has 2 aromatic carbocycles. The van der Waals surface area contributed by atoms with Gasteiger partial charge in [0.2, 0.25) is 21.8 Å². The van der Waals surface area contributed by atoms with Crippen LogP contribution in [-0.2, 0) is 19.6 Å². The van der Waals surface area contributed by atoms with Gasteiger partial charge in [0.1, 0.15) is 6.54 Å². The van der Waals surface area contributed by atoms with Crippen LogP contribution < -0.4 is 9.80 Å². The highest BCUT2D eigenvalue weighted by Crippen LogP contribution is 2.40. The molecule has 0 radical (unpaired) electrons. The van der Waals surface area contributed by atoms with Gasteiger partial charge >= 0.3 is 0 Å². The molecule has 0 aromatic heterocycles. The first-order chi connectivity index (χ1) is 16.3. The van der Waals surface area contributed by atoms with Crippen molar-refractivity contribution in [3.8, 4) is 0 Å². The lowest BCUT2D eigenvalue weighted by molar-refractivity contribution is -0.122. The van der Waals surface area contributed by atoms with Crippen LogP contribution in [0.5, 0.6) is 0 Å². The molecule has 2 amide bonds. The third-order valence-electron chi connectivity index (χ3n) is 6.24. The van der Waals surface area contributed by atoms with E-state index in [1.165, 1.54) is 21.0 Å². The molecule has 1 fully saturated rings. The van der Waals surface area contributed by atoms with Crippen LogP contribution in [0.25, 0.3) is 0 Å². The highest BCUT2D eigenvalue weighted by Gasteiger charge is 2.32. The maximum Gasteiger partial charge on any atom is 0.247 e. The number of nitrogens with zero attached hydrogens (tertiary/aromatic N) is 3. The second kappa shape index (κ2) is 10.5. The standard InChI is InChI=1S/C25H31N3O4S2/c1-3-27(20-10-6-4-7-11-20)25(30)18-28-22-17-21(34(31,32)26-14-8-5-9-15-26)12-13-23(22)33-19(2)16-24(28)29/h4,6-7,10-13,17,19H,3,5,8-9,14-16,18H2,1-2H3/t19-/m0/s1. The van der Waals surface area contributed by atoms with Crippen molar-refractivity contribution < 1.29 is 18.0 Å². The van der Waals surface area contributed by atoms with E-state index >= 15 is 0 Å². The summed E-state index contributed by atoms with van der Waals surface area (Å²) >= 11 is 1.54. The summed E-state index contributed by atoms with van der Waals surface area (Å²) in [6.45, 7) is 5.20. The summed E-state index contributed by atoms with van der Waals surface area (Å²) in [7, 11) is -3.66. The van der Waals surface area contributed by atoms with Crippen molar-refractivity contribution in [2.24, 2.45) is 0 Å². The van der Waals surface area contributed by atoms with Gasteiger partial charge in [0, 0.05) is 41.9 Å². The van der Waals surface area contributed by atoms with E-state index in [2.05, 4.69) is 0 Å². The molecule has 1 atom stereocenters. The maximum atomic E-state index is 13.3. The first kappa shape index (κ1) is 24.8. The molecule has 34 heavy (non-hydrogen) atoms. The number of carbonyl (C=O) groups is 2. The summed E-state index contributed by atoms with van der Waals surface area (Å²) in [6.07, 6.45) is 3.01. The molecule has 9 heteroatoms. The molecular formula is C25H31N3O4S2. The van der Waals surface area contributed by atoms with Crippen molar-refractivity contribution in [2.75, 3.05) is 36.0 Å². The number of para-hydroxylation sites is 1. The van der Waals surface area contributed by atoms with Crippen LogP contribution >= 0.6 is 11.8 Å². The van der Waals surface area contributed by atoms with Crippen LogP contribution in [-0.4, -0.2) is 56.0 Å². The molecule has 0 saturated carbocycles. The Labute approximate surface area is 206 Å². The van der Waals surface area contributed by atoms with Crippen molar-refractivity contribution in [3.63, 3.8) is 0 Å². The summed E-state index contributed by atoms with van der Waals surface area (Å²) < 4.78 is 28.2. The lowest BCUT2D eigenvalue weighted by Gasteiger charge is -2.28. The van der Waals surface area contributed by atoms with Gasteiger partial charge in [-0.1, -0.05) is 31.5 Å². The molecule has 4 rings (SSSR count). The van der Waals surface area contributed by atoms with E-state index in [0.717, 1.165) is 29.8 Å². The first-order valence-electron chi connectivity index (χ1n) is 11.8. The monoisotopic (exact) mass is 501 g/mol. The molecule has 2 aliphatic heterocycles. The largest absolute Gasteiger partial charge is 0.311 e. The van der Waals surface area contributed by atoms with E-state index in [-0.39, 0.29) is 34.9 Å². The van der Waals surface area contributed by atoms with Gasteiger partial charge in [-0.25, -0.2) is 8.42 Å². The van der Waals surface area contributed by atoms with Crippen LogP contribution in [0, 0.1) is 0 Å². The number of amides is 2. The summed E-state index contributed by atoms with van der Waals surface area (Å²) in [6, 6.07) is 14.3. The Hall–Kier alpha value is -2.36. The molecule has 0 unspecified atom stereocenters. The zero-order valence-electron chi connectivity index (χ0n) is 19.6. The number of piperidine rings is 1. The van der Waals surface area contributed by atoms with Gasteiger partial charge < -0.3 is 9.80 Å². The van der Waals surface area contributed by atoms with Gasteiger partial charge in [-0.05, 0) is 50.1 Å². The topological polar surface area (TPSA) is 78.0 Å². The number of carbonyl (C=O) groups excluding carboxylic acids is 2. The first-order valence-corrected chi connectivity index (χ1v) is 14.1. The van der Waals surface area contributed by atoms with Crippen molar-refractivity contribution in [1.29, 1.82) is 0 Å². The van der Waals surface area contributed by atoms with Crippen molar-refractivity contribution in [3.05, 3.63) is 48.5 Å². The minimum absolute atomic E-state index is 0.0207. The Morgan fingerprint density at radius 2 is 1.79 bits per heavy atom. The Morgan fingerprint density at radius 1 is 1.09 bits per heavy atom.